The van der Waals surface area contributed by atoms with Crippen molar-refractivity contribution < 1.29 is 9.90 Å². The van der Waals surface area contributed by atoms with Gasteiger partial charge in [0.25, 0.3) is 0 Å². The Morgan fingerprint density at radius 1 is 1.00 bits per heavy atom. The van der Waals surface area contributed by atoms with E-state index in [2.05, 4.69) is 0 Å². The number of carbonyl (C=O) groups is 1. The van der Waals surface area contributed by atoms with Crippen LogP contribution in [-0.4, -0.2) is 11.4 Å². The van der Waals surface area contributed by atoms with Crippen LogP contribution in [0.5, 0.6) is 5.75 Å². The van der Waals surface area contributed by atoms with Crippen LogP contribution in [0.15, 0.2) is 48.5 Å². The van der Waals surface area contributed by atoms with Gasteiger partial charge in [0.1, 0.15) is 12.0 Å². The average molecular weight is 212 g/mol. The van der Waals surface area contributed by atoms with Crippen molar-refractivity contribution in [1.82, 2.24) is 0 Å². The lowest BCUT2D eigenvalue weighted by atomic mass is 10.0. The number of phenolic OH excluding ortho intramolecular Hbond substituents is 1. The minimum Gasteiger partial charge on any atom is -0.508 e. The van der Waals surface area contributed by atoms with Crippen LogP contribution in [0.1, 0.15) is 21.5 Å². The van der Waals surface area contributed by atoms with Gasteiger partial charge in [-0.2, -0.15) is 0 Å². The van der Waals surface area contributed by atoms with Crippen LogP contribution >= 0.6 is 0 Å². The first-order valence-corrected chi connectivity index (χ1v) is 5.10. The van der Waals surface area contributed by atoms with Gasteiger partial charge in [0.2, 0.25) is 0 Å². The first-order chi connectivity index (χ1) is 7.79. The van der Waals surface area contributed by atoms with E-state index in [9.17, 15) is 9.90 Å². The number of benzene rings is 2. The van der Waals surface area contributed by atoms with Gasteiger partial charge in [-0.3, -0.25) is 4.79 Å². The number of hydrogen-bond donors (Lipinski definition) is 1. The third-order valence-electron chi connectivity index (χ3n) is 2.50. The van der Waals surface area contributed by atoms with Gasteiger partial charge >= 0.3 is 0 Å². The monoisotopic (exact) mass is 212 g/mol. The molecule has 0 unspecified atom stereocenters. The van der Waals surface area contributed by atoms with Crippen molar-refractivity contribution in [1.29, 1.82) is 0 Å². The molecule has 80 valence electrons. The summed E-state index contributed by atoms with van der Waals surface area (Å²) < 4.78 is 0. The molecule has 0 aliphatic heterocycles. The van der Waals surface area contributed by atoms with Crippen LogP contribution in [0.4, 0.5) is 0 Å². The molecule has 0 radical (unpaired) electrons. The second-order valence-corrected chi connectivity index (χ2v) is 3.66. The Labute approximate surface area is 94.2 Å². The summed E-state index contributed by atoms with van der Waals surface area (Å²) in [6.07, 6.45) is 1.50. The van der Waals surface area contributed by atoms with Crippen LogP contribution in [0.3, 0.4) is 0 Å². The van der Waals surface area contributed by atoms with Gasteiger partial charge in [-0.15, -0.1) is 0 Å². The van der Waals surface area contributed by atoms with Gasteiger partial charge in [-0.1, -0.05) is 42.5 Å². The summed E-state index contributed by atoms with van der Waals surface area (Å²) in [7, 11) is 0. The van der Waals surface area contributed by atoms with Crippen molar-refractivity contribution in [2.75, 3.05) is 0 Å². The van der Waals surface area contributed by atoms with E-state index >= 15 is 0 Å². The molecule has 0 bridgehead atoms. The quantitative estimate of drug-likeness (QED) is 0.794. The van der Waals surface area contributed by atoms with Gasteiger partial charge in [0.05, 0.1) is 0 Å². The molecule has 0 aliphatic rings. The van der Waals surface area contributed by atoms with E-state index in [1.165, 1.54) is 0 Å². The standard InChI is InChI=1S/C14H12O2/c15-10-12-7-5-11(6-8-12)9-13-3-1-2-4-14(13)16/h1-8,10,16H,9H2. The van der Waals surface area contributed by atoms with Gasteiger partial charge in [0, 0.05) is 12.0 Å². The molecule has 0 saturated carbocycles. The predicted octanol–water partition coefficient (Wildman–Crippen LogP) is 2.80. The summed E-state index contributed by atoms with van der Waals surface area (Å²) in [5, 5.41) is 9.62. The van der Waals surface area contributed by atoms with E-state index < -0.39 is 0 Å². The Balaban J connectivity index is 2.21. The van der Waals surface area contributed by atoms with Crippen LogP contribution < -0.4 is 0 Å². The normalized spacial score (nSPS) is 10.0. The third kappa shape index (κ3) is 2.28. The van der Waals surface area contributed by atoms with Crippen molar-refractivity contribution in [3.05, 3.63) is 65.2 Å². The molecule has 2 heteroatoms. The molecule has 0 saturated heterocycles. The second-order valence-electron chi connectivity index (χ2n) is 3.66. The molecule has 0 amide bonds. The number of aromatic hydroxyl groups is 1. The second kappa shape index (κ2) is 4.62. The summed E-state index contributed by atoms with van der Waals surface area (Å²) in [5.41, 5.74) is 2.63. The minimum atomic E-state index is 0.307. The number of aldehydes is 1. The SMILES string of the molecule is O=Cc1ccc(Cc2ccccc2O)cc1. The Kier molecular flexibility index (Phi) is 3.01. The van der Waals surface area contributed by atoms with Crippen LogP contribution in [0, 0.1) is 0 Å². The van der Waals surface area contributed by atoms with Gasteiger partial charge in [0.15, 0.2) is 0 Å². The summed E-state index contributed by atoms with van der Waals surface area (Å²) in [5.74, 6) is 0.307. The highest BCUT2D eigenvalue weighted by molar-refractivity contribution is 5.74. The minimum absolute atomic E-state index is 0.307. The van der Waals surface area contributed by atoms with Crippen molar-refractivity contribution in [2.24, 2.45) is 0 Å². The summed E-state index contributed by atoms with van der Waals surface area (Å²) >= 11 is 0. The highest BCUT2D eigenvalue weighted by Crippen LogP contribution is 2.19. The van der Waals surface area contributed by atoms with E-state index in [-0.39, 0.29) is 0 Å². The Morgan fingerprint density at radius 2 is 1.69 bits per heavy atom. The van der Waals surface area contributed by atoms with Crippen molar-refractivity contribution in [2.45, 2.75) is 6.42 Å². The largest absolute Gasteiger partial charge is 0.508 e. The van der Waals surface area contributed by atoms with Crippen molar-refractivity contribution >= 4 is 6.29 Å². The van der Waals surface area contributed by atoms with E-state index in [1.807, 2.05) is 24.3 Å². The molecule has 2 aromatic carbocycles. The summed E-state index contributed by atoms with van der Waals surface area (Å²) in [6, 6.07) is 14.6. The van der Waals surface area contributed by atoms with Crippen LogP contribution in [-0.2, 0) is 6.42 Å². The number of rotatable bonds is 3. The molecular formula is C14H12O2. The predicted molar refractivity (Wildman–Crippen MR) is 62.7 cm³/mol. The number of hydrogen-bond acceptors (Lipinski definition) is 2. The smallest absolute Gasteiger partial charge is 0.150 e. The zero-order valence-corrected chi connectivity index (χ0v) is 8.76. The summed E-state index contributed by atoms with van der Waals surface area (Å²) in [6.45, 7) is 0. The van der Waals surface area contributed by atoms with E-state index in [1.54, 1.807) is 24.3 Å². The lowest BCUT2D eigenvalue weighted by Gasteiger charge is -2.04. The molecule has 2 nitrogen and oxygen atoms in total. The van der Waals surface area contributed by atoms with Crippen molar-refractivity contribution in [3.8, 4) is 5.75 Å². The lowest BCUT2D eigenvalue weighted by Crippen LogP contribution is -1.89. The first-order valence-electron chi connectivity index (χ1n) is 5.10. The number of para-hydroxylation sites is 1. The zero-order chi connectivity index (χ0) is 11.4. The average Bonchev–Trinajstić information content (AvgIpc) is 2.33. The maximum atomic E-state index is 10.5. The molecule has 16 heavy (non-hydrogen) atoms. The Bertz CT molecular complexity index is 486. The zero-order valence-electron chi connectivity index (χ0n) is 8.76. The fourth-order valence-electron chi connectivity index (χ4n) is 1.59. The highest BCUT2D eigenvalue weighted by Gasteiger charge is 2.01. The highest BCUT2D eigenvalue weighted by atomic mass is 16.3. The molecule has 0 spiro atoms. The Hall–Kier alpha value is -2.09. The summed E-state index contributed by atoms with van der Waals surface area (Å²) in [4.78, 5) is 10.5. The topological polar surface area (TPSA) is 37.3 Å². The molecule has 0 heterocycles. The van der Waals surface area contributed by atoms with Crippen molar-refractivity contribution in [3.63, 3.8) is 0 Å². The molecule has 0 aromatic heterocycles. The number of phenols is 1. The maximum Gasteiger partial charge on any atom is 0.150 e. The lowest BCUT2D eigenvalue weighted by molar-refractivity contribution is 0.112. The fourth-order valence-corrected chi connectivity index (χ4v) is 1.59. The van der Waals surface area contributed by atoms with Gasteiger partial charge in [-0.05, 0) is 17.2 Å². The third-order valence-corrected chi connectivity index (χ3v) is 2.50. The van der Waals surface area contributed by atoms with Gasteiger partial charge < -0.3 is 5.11 Å². The Morgan fingerprint density at radius 3 is 2.31 bits per heavy atom. The molecular weight excluding hydrogens is 200 g/mol. The van der Waals surface area contributed by atoms with E-state index in [0.717, 1.165) is 17.4 Å². The maximum absolute atomic E-state index is 10.5. The van der Waals surface area contributed by atoms with E-state index in [0.29, 0.717) is 17.7 Å². The number of carbonyl (C=O) groups excluding carboxylic acids is 1. The molecule has 2 rings (SSSR count). The molecule has 2 aromatic rings. The molecule has 1 N–H and O–H groups in total. The fraction of sp³-hybridized carbons (Fsp3) is 0.0714. The molecule has 0 atom stereocenters. The molecule has 0 aliphatic carbocycles. The molecule has 0 fully saturated rings. The van der Waals surface area contributed by atoms with Gasteiger partial charge in [-0.25, -0.2) is 0 Å². The van der Waals surface area contributed by atoms with E-state index in [4.69, 9.17) is 0 Å². The van der Waals surface area contributed by atoms with Crippen LogP contribution in [0.25, 0.3) is 0 Å². The first kappa shape index (κ1) is 10.4. The van der Waals surface area contributed by atoms with Crippen LogP contribution in [0.2, 0.25) is 0 Å².